The van der Waals surface area contributed by atoms with Crippen molar-refractivity contribution < 1.29 is 38.3 Å². The predicted octanol–water partition coefficient (Wildman–Crippen LogP) is 4.47. The number of hydrogen-bond acceptors (Lipinski definition) is 10. The Kier molecular flexibility index (Phi) is 9.09. The molecule has 0 aliphatic carbocycles. The molecule has 0 bridgehead atoms. The van der Waals surface area contributed by atoms with Gasteiger partial charge in [-0.25, -0.2) is 10.2 Å². The highest BCUT2D eigenvalue weighted by molar-refractivity contribution is 6.05. The highest BCUT2D eigenvalue weighted by atomic mass is 16.7. The normalized spacial score (nSPS) is 12.0. The first-order valence-electron chi connectivity index (χ1n) is 13.3. The lowest BCUT2D eigenvalue weighted by Gasteiger charge is -2.10. The number of ether oxygens (including phenoxy) is 4. The van der Waals surface area contributed by atoms with E-state index in [0.717, 1.165) is 0 Å². The molecule has 0 saturated carbocycles. The number of benzene rings is 4. The highest BCUT2D eigenvalue weighted by Crippen LogP contribution is 2.33. The first kappa shape index (κ1) is 30.0. The molecule has 0 atom stereocenters. The molecule has 5 rings (SSSR count). The van der Waals surface area contributed by atoms with Gasteiger partial charge in [0, 0.05) is 17.7 Å². The molecule has 45 heavy (non-hydrogen) atoms. The minimum absolute atomic E-state index is 0.0778. The number of esters is 1. The molecule has 0 saturated heterocycles. The fourth-order valence-electron chi connectivity index (χ4n) is 4.06. The Labute approximate surface area is 255 Å². The van der Waals surface area contributed by atoms with E-state index in [1.54, 1.807) is 54.6 Å². The van der Waals surface area contributed by atoms with E-state index in [9.17, 15) is 24.5 Å². The molecule has 0 radical (unpaired) electrons. The van der Waals surface area contributed by atoms with Crippen molar-refractivity contribution in [3.63, 3.8) is 0 Å². The zero-order chi connectivity index (χ0) is 31.8. The van der Waals surface area contributed by atoms with Crippen LogP contribution in [-0.2, 0) is 4.79 Å². The van der Waals surface area contributed by atoms with Crippen LogP contribution >= 0.6 is 0 Å². The number of amides is 2. The summed E-state index contributed by atoms with van der Waals surface area (Å²) in [5, 5.41) is 17.5. The Balaban J connectivity index is 1.29. The fraction of sp³-hybridized carbons (Fsp3) is 0.0625. The molecule has 4 aromatic carbocycles. The third-order valence-corrected chi connectivity index (χ3v) is 6.32. The monoisotopic (exact) mass is 608 g/mol. The molecule has 0 spiro atoms. The van der Waals surface area contributed by atoms with E-state index in [1.165, 1.54) is 55.8 Å². The van der Waals surface area contributed by atoms with Crippen LogP contribution in [0.15, 0.2) is 102 Å². The zero-order valence-electron chi connectivity index (χ0n) is 23.6. The van der Waals surface area contributed by atoms with E-state index in [4.69, 9.17) is 18.9 Å². The standard InChI is InChI=1S/C32H24N4O9/c1-42-28-17-21(8-14-27(28)45-32(39)23-9-11-24(12-10-23)36(40)41)18-33-35-31(38)25(34-30(37)22-5-3-2-4-6-22)15-20-7-13-26-29(16-20)44-19-43-26/h2-18H,19H2,1H3,(H,34,37)(H,35,38)/b25-15-,33-18-. The van der Waals surface area contributed by atoms with Crippen molar-refractivity contribution in [1.82, 2.24) is 10.7 Å². The third kappa shape index (κ3) is 7.48. The van der Waals surface area contributed by atoms with Crippen LogP contribution in [0.2, 0.25) is 0 Å². The largest absolute Gasteiger partial charge is 0.493 e. The number of rotatable bonds is 10. The van der Waals surface area contributed by atoms with Crippen molar-refractivity contribution in [3.8, 4) is 23.0 Å². The topological polar surface area (TPSA) is 168 Å². The van der Waals surface area contributed by atoms with Crippen molar-refractivity contribution in [1.29, 1.82) is 0 Å². The maximum atomic E-state index is 13.1. The van der Waals surface area contributed by atoms with Gasteiger partial charge in [-0.05, 0) is 71.8 Å². The molecule has 13 nitrogen and oxygen atoms in total. The van der Waals surface area contributed by atoms with Crippen molar-refractivity contribution in [2.75, 3.05) is 13.9 Å². The number of nitro groups is 1. The minimum Gasteiger partial charge on any atom is -0.493 e. The number of nitro benzene ring substituents is 1. The van der Waals surface area contributed by atoms with E-state index < -0.39 is 22.7 Å². The predicted molar refractivity (Wildman–Crippen MR) is 161 cm³/mol. The first-order valence-corrected chi connectivity index (χ1v) is 13.3. The van der Waals surface area contributed by atoms with Crippen LogP contribution in [0.3, 0.4) is 0 Å². The molecule has 0 aromatic heterocycles. The number of fused-ring (bicyclic) bond motifs is 1. The molecule has 13 heteroatoms. The summed E-state index contributed by atoms with van der Waals surface area (Å²) in [4.78, 5) is 48.8. The van der Waals surface area contributed by atoms with Crippen molar-refractivity contribution in [3.05, 3.63) is 129 Å². The number of hydrazone groups is 1. The van der Waals surface area contributed by atoms with Crippen molar-refractivity contribution in [2.24, 2.45) is 5.10 Å². The number of methoxy groups -OCH3 is 1. The van der Waals surface area contributed by atoms with Gasteiger partial charge in [-0.3, -0.25) is 19.7 Å². The van der Waals surface area contributed by atoms with Crippen molar-refractivity contribution in [2.45, 2.75) is 0 Å². The molecular weight excluding hydrogens is 584 g/mol. The summed E-state index contributed by atoms with van der Waals surface area (Å²) >= 11 is 0. The first-order chi connectivity index (χ1) is 21.8. The average Bonchev–Trinajstić information content (AvgIpc) is 3.53. The van der Waals surface area contributed by atoms with Crippen LogP contribution in [0.4, 0.5) is 5.69 Å². The Morgan fingerprint density at radius 1 is 0.867 bits per heavy atom. The van der Waals surface area contributed by atoms with Gasteiger partial charge in [0.05, 0.1) is 23.8 Å². The smallest absolute Gasteiger partial charge is 0.343 e. The summed E-state index contributed by atoms with van der Waals surface area (Å²) in [6.45, 7) is 0.0866. The number of nitrogens with one attached hydrogen (secondary N) is 2. The highest BCUT2D eigenvalue weighted by Gasteiger charge is 2.18. The maximum absolute atomic E-state index is 13.1. The fourth-order valence-corrected chi connectivity index (χ4v) is 4.06. The summed E-state index contributed by atoms with van der Waals surface area (Å²) in [7, 11) is 1.38. The number of nitrogens with zero attached hydrogens (tertiary/aromatic N) is 2. The van der Waals surface area contributed by atoms with Gasteiger partial charge in [-0.2, -0.15) is 5.10 Å². The van der Waals surface area contributed by atoms with Crippen molar-refractivity contribution >= 4 is 35.8 Å². The second-order valence-electron chi connectivity index (χ2n) is 9.29. The van der Waals surface area contributed by atoms with E-state index in [0.29, 0.717) is 28.2 Å². The summed E-state index contributed by atoms with van der Waals surface area (Å²) in [5.74, 6) is -0.570. The van der Waals surface area contributed by atoms with Crippen LogP contribution in [-0.4, -0.2) is 42.8 Å². The van der Waals surface area contributed by atoms with E-state index >= 15 is 0 Å². The Bertz CT molecular complexity index is 1820. The molecule has 2 N–H and O–H groups in total. The second kappa shape index (κ2) is 13.6. The molecular formula is C32H24N4O9. The van der Waals surface area contributed by atoms with E-state index in [-0.39, 0.29) is 35.2 Å². The van der Waals surface area contributed by atoms with Gasteiger partial charge in [0.2, 0.25) is 6.79 Å². The molecule has 4 aromatic rings. The number of non-ortho nitro benzene ring substituents is 1. The van der Waals surface area contributed by atoms with E-state index in [1.807, 2.05) is 0 Å². The molecule has 2 amide bonds. The Morgan fingerprint density at radius 2 is 1.60 bits per heavy atom. The van der Waals surface area contributed by atoms with Gasteiger partial charge in [0.1, 0.15) is 5.70 Å². The SMILES string of the molecule is COc1cc(/C=N\NC(=O)/C(=C/c2ccc3c(c2)OCO3)NC(=O)c2ccccc2)ccc1OC(=O)c1ccc([N+](=O)[O-])cc1. The van der Waals surface area contributed by atoms with Gasteiger partial charge in [-0.1, -0.05) is 24.3 Å². The summed E-state index contributed by atoms with van der Waals surface area (Å²) in [6.07, 6.45) is 2.81. The summed E-state index contributed by atoms with van der Waals surface area (Å²) < 4.78 is 21.5. The minimum atomic E-state index is -0.740. The van der Waals surface area contributed by atoms with Crippen LogP contribution in [0.1, 0.15) is 31.8 Å². The number of hydrogen-bond donors (Lipinski definition) is 2. The second-order valence-corrected chi connectivity index (χ2v) is 9.29. The Morgan fingerprint density at radius 3 is 2.33 bits per heavy atom. The molecule has 1 aliphatic rings. The Hall–Kier alpha value is -6.50. The van der Waals surface area contributed by atoms with Gasteiger partial charge in [-0.15, -0.1) is 0 Å². The zero-order valence-corrected chi connectivity index (χ0v) is 23.6. The molecule has 0 fully saturated rings. The van der Waals surface area contributed by atoms with Gasteiger partial charge < -0.3 is 24.3 Å². The van der Waals surface area contributed by atoms with Gasteiger partial charge in [0.25, 0.3) is 17.5 Å². The lowest BCUT2D eigenvalue weighted by Crippen LogP contribution is -2.32. The van der Waals surface area contributed by atoms with Crippen LogP contribution in [0.5, 0.6) is 23.0 Å². The maximum Gasteiger partial charge on any atom is 0.343 e. The number of carbonyl (C=O) groups excluding carboxylic acids is 3. The van der Waals surface area contributed by atoms with E-state index in [2.05, 4.69) is 15.8 Å². The molecule has 226 valence electrons. The number of carbonyl (C=O) groups is 3. The van der Waals surface area contributed by atoms with Crippen LogP contribution < -0.4 is 29.7 Å². The van der Waals surface area contributed by atoms with Crippen LogP contribution in [0, 0.1) is 10.1 Å². The van der Waals surface area contributed by atoms with Crippen LogP contribution in [0.25, 0.3) is 6.08 Å². The lowest BCUT2D eigenvalue weighted by molar-refractivity contribution is -0.384. The lowest BCUT2D eigenvalue weighted by atomic mass is 10.1. The van der Waals surface area contributed by atoms with Gasteiger partial charge >= 0.3 is 5.97 Å². The molecule has 0 unspecified atom stereocenters. The summed E-state index contributed by atoms with van der Waals surface area (Å²) in [6, 6.07) is 23.0. The molecule has 1 heterocycles. The average molecular weight is 609 g/mol. The summed E-state index contributed by atoms with van der Waals surface area (Å²) in [5.41, 5.74) is 3.68. The van der Waals surface area contributed by atoms with Gasteiger partial charge in [0.15, 0.2) is 23.0 Å². The third-order valence-electron chi connectivity index (χ3n) is 6.32. The molecule has 1 aliphatic heterocycles. The quantitative estimate of drug-likeness (QED) is 0.0659.